The quantitative estimate of drug-likeness (QED) is 0.675. The minimum absolute atomic E-state index is 0.182. The number of para-hydroxylation sites is 1. The minimum Gasteiger partial charge on any atom is -0.497 e. The van der Waals surface area contributed by atoms with Gasteiger partial charge in [0, 0.05) is 11.3 Å². The van der Waals surface area contributed by atoms with E-state index in [-0.39, 0.29) is 6.01 Å². The van der Waals surface area contributed by atoms with Crippen molar-refractivity contribution >= 4 is 5.69 Å². The number of nitrogens with one attached hydrogen (secondary N) is 1. The molecule has 8 nitrogen and oxygen atoms in total. The Morgan fingerprint density at radius 1 is 1.07 bits per heavy atom. The Morgan fingerprint density at radius 2 is 1.93 bits per heavy atom. The molecule has 0 amide bonds. The summed E-state index contributed by atoms with van der Waals surface area (Å²) < 4.78 is 22.7. The zero-order valence-electron chi connectivity index (χ0n) is 16.5. The van der Waals surface area contributed by atoms with Gasteiger partial charge in [0.15, 0.2) is 5.69 Å². The van der Waals surface area contributed by atoms with Crippen molar-refractivity contribution in [3.63, 3.8) is 0 Å². The van der Waals surface area contributed by atoms with E-state index < -0.39 is 6.23 Å². The molecule has 1 unspecified atom stereocenters. The Hall–Kier alpha value is -3.55. The lowest BCUT2D eigenvalue weighted by molar-refractivity contribution is 0.213. The van der Waals surface area contributed by atoms with E-state index in [4.69, 9.17) is 18.9 Å². The molecule has 1 atom stereocenters. The first-order chi connectivity index (χ1) is 14.2. The van der Waals surface area contributed by atoms with Crippen molar-refractivity contribution in [1.29, 1.82) is 0 Å². The molecule has 0 aliphatic carbocycles. The van der Waals surface area contributed by atoms with Gasteiger partial charge in [-0.1, -0.05) is 30.2 Å². The predicted molar refractivity (Wildman–Crippen MR) is 108 cm³/mol. The number of benzene rings is 2. The van der Waals surface area contributed by atoms with Crippen LogP contribution in [0.1, 0.15) is 25.1 Å². The molecule has 1 aromatic heterocycles. The SMILES string of the molecule is CCCOc1nnc2c(n1)OC(c1cc(OC)ccc1OC)Nc1ccccc1-2. The van der Waals surface area contributed by atoms with E-state index >= 15 is 0 Å². The molecule has 150 valence electrons. The summed E-state index contributed by atoms with van der Waals surface area (Å²) in [6, 6.07) is 13.5. The standard InChI is InChI=1S/C21H22N4O4/c1-4-11-28-21-23-20-18(24-25-21)14-7-5-6-8-16(14)22-19(29-20)15-12-13(26-2)9-10-17(15)27-3/h5-10,12,19,22H,4,11H2,1-3H3. The van der Waals surface area contributed by atoms with Crippen LogP contribution in [-0.2, 0) is 0 Å². The second-order valence-electron chi connectivity index (χ2n) is 6.39. The van der Waals surface area contributed by atoms with Crippen LogP contribution in [0.3, 0.4) is 0 Å². The fraction of sp³-hybridized carbons (Fsp3) is 0.286. The molecule has 1 aliphatic rings. The van der Waals surface area contributed by atoms with Gasteiger partial charge >= 0.3 is 6.01 Å². The third-order valence-corrected chi connectivity index (χ3v) is 4.49. The lowest BCUT2D eigenvalue weighted by Gasteiger charge is -2.21. The number of hydrogen-bond donors (Lipinski definition) is 1. The second kappa shape index (κ2) is 8.22. The number of anilines is 1. The van der Waals surface area contributed by atoms with Gasteiger partial charge in [0.2, 0.25) is 12.1 Å². The van der Waals surface area contributed by atoms with Crippen LogP contribution < -0.4 is 24.3 Å². The summed E-state index contributed by atoms with van der Waals surface area (Å²) in [6.45, 7) is 2.51. The van der Waals surface area contributed by atoms with Crippen LogP contribution in [0.2, 0.25) is 0 Å². The highest BCUT2D eigenvalue weighted by Crippen LogP contribution is 2.41. The molecule has 0 fully saturated rings. The van der Waals surface area contributed by atoms with Crippen molar-refractivity contribution in [2.45, 2.75) is 19.6 Å². The van der Waals surface area contributed by atoms with E-state index in [0.29, 0.717) is 29.7 Å². The van der Waals surface area contributed by atoms with Crippen molar-refractivity contribution in [2.75, 3.05) is 26.1 Å². The first-order valence-electron chi connectivity index (χ1n) is 9.35. The molecule has 1 aliphatic heterocycles. The zero-order valence-corrected chi connectivity index (χ0v) is 16.5. The summed E-state index contributed by atoms with van der Waals surface area (Å²) >= 11 is 0. The van der Waals surface area contributed by atoms with E-state index in [0.717, 1.165) is 23.2 Å². The van der Waals surface area contributed by atoms with Gasteiger partial charge in [0.05, 0.1) is 26.4 Å². The van der Waals surface area contributed by atoms with Gasteiger partial charge < -0.3 is 24.3 Å². The zero-order chi connectivity index (χ0) is 20.2. The Balaban J connectivity index is 1.82. The molecular weight excluding hydrogens is 372 g/mol. The van der Waals surface area contributed by atoms with Crippen molar-refractivity contribution < 1.29 is 18.9 Å². The summed E-state index contributed by atoms with van der Waals surface area (Å²) in [6.07, 6.45) is 0.258. The molecule has 3 aromatic rings. The lowest BCUT2D eigenvalue weighted by atomic mass is 10.1. The maximum absolute atomic E-state index is 6.25. The van der Waals surface area contributed by atoms with Crippen molar-refractivity contribution in [3.8, 4) is 34.6 Å². The molecule has 0 saturated carbocycles. The summed E-state index contributed by atoms with van der Waals surface area (Å²) in [5, 5.41) is 11.8. The largest absolute Gasteiger partial charge is 0.497 e. The van der Waals surface area contributed by atoms with Gasteiger partial charge in [-0.3, -0.25) is 0 Å². The van der Waals surface area contributed by atoms with Crippen LogP contribution in [0.5, 0.6) is 23.4 Å². The van der Waals surface area contributed by atoms with Gasteiger partial charge in [0.25, 0.3) is 0 Å². The van der Waals surface area contributed by atoms with E-state index in [1.54, 1.807) is 14.2 Å². The molecule has 0 saturated heterocycles. The molecular formula is C21H22N4O4. The van der Waals surface area contributed by atoms with Gasteiger partial charge in [-0.2, -0.15) is 4.98 Å². The van der Waals surface area contributed by atoms with E-state index in [1.165, 1.54) is 0 Å². The third kappa shape index (κ3) is 3.73. The molecule has 0 radical (unpaired) electrons. The average Bonchev–Trinajstić information content (AvgIpc) is 2.93. The van der Waals surface area contributed by atoms with Crippen LogP contribution in [0.25, 0.3) is 11.3 Å². The van der Waals surface area contributed by atoms with Crippen molar-refractivity contribution in [3.05, 3.63) is 48.0 Å². The second-order valence-corrected chi connectivity index (χ2v) is 6.39. The van der Waals surface area contributed by atoms with Crippen molar-refractivity contribution in [1.82, 2.24) is 15.2 Å². The maximum Gasteiger partial charge on any atom is 0.339 e. The van der Waals surface area contributed by atoms with Gasteiger partial charge in [-0.05, 0) is 30.7 Å². The summed E-state index contributed by atoms with van der Waals surface area (Å²) in [5.41, 5.74) is 3.00. The monoisotopic (exact) mass is 394 g/mol. The highest BCUT2D eigenvalue weighted by atomic mass is 16.5. The summed E-state index contributed by atoms with van der Waals surface area (Å²) in [4.78, 5) is 4.45. The van der Waals surface area contributed by atoms with Crippen molar-refractivity contribution in [2.24, 2.45) is 0 Å². The number of rotatable bonds is 6. The van der Waals surface area contributed by atoms with Gasteiger partial charge in [-0.15, -0.1) is 5.10 Å². The molecule has 4 rings (SSSR count). The summed E-state index contributed by atoms with van der Waals surface area (Å²) in [5.74, 6) is 1.68. The third-order valence-electron chi connectivity index (χ3n) is 4.49. The normalized spacial score (nSPS) is 14.5. The number of aromatic nitrogens is 3. The topological polar surface area (TPSA) is 87.6 Å². The first kappa shape index (κ1) is 18.8. The molecule has 1 N–H and O–H groups in total. The van der Waals surface area contributed by atoms with Crippen LogP contribution >= 0.6 is 0 Å². The number of methoxy groups -OCH3 is 2. The highest BCUT2D eigenvalue weighted by Gasteiger charge is 2.28. The van der Waals surface area contributed by atoms with Gasteiger partial charge in [0.1, 0.15) is 11.5 Å². The molecule has 0 bridgehead atoms. The Bertz CT molecular complexity index is 1010. The summed E-state index contributed by atoms with van der Waals surface area (Å²) in [7, 11) is 3.23. The smallest absolute Gasteiger partial charge is 0.339 e. The fourth-order valence-electron chi connectivity index (χ4n) is 3.09. The van der Waals surface area contributed by atoms with E-state index in [9.17, 15) is 0 Å². The molecule has 2 aromatic carbocycles. The average molecular weight is 394 g/mol. The van der Waals surface area contributed by atoms with Crippen LogP contribution in [0.15, 0.2) is 42.5 Å². The van der Waals surface area contributed by atoms with E-state index in [1.807, 2.05) is 49.4 Å². The van der Waals surface area contributed by atoms with E-state index in [2.05, 4.69) is 20.5 Å². The maximum atomic E-state index is 6.25. The molecule has 2 heterocycles. The van der Waals surface area contributed by atoms with Crippen LogP contribution in [0.4, 0.5) is 5.69 Å². The minimum atomic E-state index is -0.585. The molecule has 29 heavy (non-hydrogen) atoms. The van der Waals surface area contributed by atoms with Crippen LogP contribution in [-0.4, -0.2) is 36.0 Å². The highest BCUT2D eigenvalue weighted by molar-refractivity contribution is 5.79. The number of fused-ring (bicyclic) bond motifs is 3. The number of nitrogens with zero attached hydrogens (tertiary/aromatic N) is 3. The lowest BCUT2D eigenvalue weighted by Crippen LogP contribution is -2.18. The Morgan fingerprint density at radius 3 is 2.72 bits per heavy atom. The number of ether oxygens (including phenoxy) is 4. The number of hydrogen-bond acceptors (Lipinski definition) is 8. The molecule has 8 heteroatoms. The Labute approximate surface area is 168 Å². The van der Waals surface area contributed by atoms with Crippen LogP contribution in [0, 0.1) is 0 Å². The Kier molecular flexibility index (Phi) is 5.33. The molecule has 0 spiro atoms. The fourth-order valence-corrected chi connectivity index (χ4v) is 3.09. The predicted octanol–water partition coefficient (Wildman–Crippen LogP) is 3.85. The first-order valence-corrected chi connectivity index (χ1v) is 9.35. The van der Waals surface area contributed by atoms with Gasteiger partial charge in [-0.25, -0.2) is 0 Å².